The van der Waals surface area contributed by atoms with Gasteiger partial charge in [0.1, 0.15) is 0 Å². The minimum Gasteiger partial charge on any atom is -0.333 e. The minimum atomic E-state index is -0.0686. The third-order valence-corrected chi connectivity index (χ3v) is 6.49. The van der Waals surface area contributed by atoms with Crippen LogP contribution in [0.4, 0.5) is 0 Å². The highest BCUT2D eigenvalue weighted by Crippen LogP contribution is 2.39. The van der Waals surface area contributed by atoms with Crippen LogP contribution < -0.4 is 0 Å². The molecule has 4 nitrogen and oxygen atoms in total. The number of carbonyl (C=O) groups is 2. The molecule has 0 N–H and O–H groups in total. The van der Waals surface area contributed by atoms with Gasteiger partial charge in [0.05, 0.1) is 12.6 Å². The minimum absolute atomic E-state index is 0.0419. The molecule has 0 saturated carbocycles. The Morgan fingerprint density at radius 3 is 2.66 bits per heavy atom. The lowest BCUT2D eigenvalue weighted by atomic mass is 9.90. The van der Waals surface area contributed by atoms with Crippen molar-refractivity contribution in [1.82, 2.24) is 9.80 Å². The number of fused-ring (bicyclic) bond motifs is 1. The summed E-state index contributed by atoms with van der Waals surface area (Å²) in [5, 5.41) is 2.12. The zero-order chi connectivity index (χ0) is 21.0. The molecule has 1 aliphatic heterocycles. The molecule has 1 atom stereocenters. The van der Waals surface area contributed by atoms with E-state index in [1.54, 1.807) is 16.2 Å². The van der Waals surface area contributed by atoms with Gasteiger partial charge in [0.2, 0.25) is 11.8 Å². The first-order valence-electron chi connectivity index (χ1n) is 10.6. The fraction of sp³-hybridized carbons (Fsp3) is 0.500. The van der Waals surface area contributed by atoms with Crippen LogP contribution in [0.1, 0.15) is 61.2 Å². The maximum atomic E-state index is 13.5. The van der Waals surface area contributed by atoms with E-state index in [4.69, 9.17) is 0 Å². The van der Waals surface area contributed by atoms with E-state index in [1.165, 1.54) is 21.6 Å². The smallest absolute Gasteiger partial charge is 0.242 e. The molecule has 2 amide bonds. The van der Waals surface area contributed by atoms with Crippen molar-refractivity contribution in [3.05, 3.63) is 57.3 Å². The SMILES string of the molecule is CCCC(=O)N(CC(=O)N1CCc2sccc2[C@H]1c1ccccc1C)CC(C)C. The third kappa shape index (κ3) is 4.89. The molecule has 0 bridgehead atoms. The third-order valence-electron chi connectivity index (χ3n) is 5.50. The van der Waals surface area contributed by atoms with E-state index in [9.17, 15) is 9.59 Å². The van der Waals surface area contributed by atoms with Crippen LogP contribution in [0.2, 0.25) is 0 Å². The van der Waals surface area contributed by atoms with E-state index in [1.807, 2.05) is 24.0 Å². The highest BCUT2D eigenvalue weighted by atomic mass is 32.1. The second-order valence-corrected chi connectivity index (χ2v) is 9.31. The molecular weight excluding hydrogens is 380 g/mol. The lowest BCUT2D eigenvalue weighted by Gasteiger charge is -2.38. The number of aryl methyl sites for hydroxylation is 1. The summed E-state index contributed by atoms with van der Waals surface area (Å²) in [6.07, 6.45) is 2.18. The first kappa shape index (κ1) is 21.6. The summed E-state index contributed by atoms with van der Waals surface area (Å²) in [5.41, 5.74) is 3.60. The second-order valence-electron chi connectivity index (χ2n) is 8.31. The molecule has 2 aromatic rings. The predicted octanol–water partition coefficient (Wildman–Crippen LogP) is 4.82. The molecule has 0 saturated heterocycles. The number of hydrogen-bond donors (Lipinski definition) is 0. The quantitative estimate of drug-likeness (QED) is 0.654. The van der Waals surface area contributed by atoms with Crippen LogP contribution in [-0.4, -0.2) is 41.2 Å². The number of benzene rings is 1. The fourth-order valence-corrected chi connectivity index (χ4v) is 5.04. The van der Waals surface area contributed by atoms with Crippen LogP contribution in [0.15, 0.2) is 35.7 Å². The summed E-state index contributed by atoms with van der Waals surface area (Å²) in [7, 11) is 0. The van der Waals surface area contributed by atoms with Crippen molar-refractivity contribution in [3.63, 3.8) is 0 Å². The summed E-state index contributed by atoms with van der Waals surface area (Å²) < 4.78 is 0. The summed E-state index contributed by atoms with van der Waals surface area (Å²) in [6.45, 7) is 9.77. The Hall–Kier alpha value is -2.14. The van der Waals surface area contributed by atoms with Gasteiger partial charge in [-0.2, -0.15) is 0 Å². The van der Waals surface area contributed by atoms with Crippen molar-refractivity contribution in [2.75, 3.05) is 19.6 Å². The molecule has 0 aliphatic carbocycles. The topological polar surface area (TPSA) is 40.6 Å². The number of thiophene rings is 1. The van der Waals surface area contributed by atoms with Crippen molar-refractivity contribution < 1.29 is 9.59 Å². The Kier molecular flexibility index (Phi) is 7.12. The summed E-state index contributed by atoms with van der Waals surface area (Å²) >= 11 is 1.77. The monoisotopic (exact) mass is 412 g/mol. The van der Waals surface area contributed by atoms with Crippen molar-refractivity contribution in [3.8, 4) is 0 Å². The molecule has 29 heavy (non-hydrogen) atoms. The van der Waals surface area contributed by atoms with E-state index in [0.29, 0.717) is 25.4 Å². The van der Waals surface area contributed by atoms with Gasteiger partial charge < -0.3 is 9.80 Å². The van der Waals surface area contributed by atoms with Crippen LogP contribution in [0.3, 0.4) is 0 Å². The number of rotatable bonds is 7. The molecule has 5 heteroatoms. The summed E-state index contributed by atoms with van der Waals surface area (Å²) in [4.78, 5) is 31.2. The fourth-order valence-electron chi connectivity index (χ4n) is 4.14. The molecule has 0 radical (unpaired) electrons. The molecule has 0 unspecified atom stereocenters. The predicted molar refractivity (Wildman–Crippen MR) is 119 cm³/mol. The molecule has 156 valence electrons. The Morgan fingerprint density at radius 1 is 1.21 bits per heavy atom. The van der Waals surface area contributed by atoms with Crippen LogP contribution in [-0.2, 0) is 16.0 Å². The highest BCUT2D eigenvalue weighted by molar-refractivity contribution is 7.10. The van der Waals surface area contributed by atoms with Gasteiger partial charge in [0.25, 0.3) is 0 Å². The van der Waals surface area contributed by atoms with Crippen LogP contribution in [0.5, 0.6) is 0 Å². The maximum Gasteiger partial charge on any atom is 0.242 e. The Bertz CT molecular complexity index is 858. The normalized spacial score (nSPS) is 16.0. The van der Waals surface area contributed by atoms with Gasteiger partial charge in [0.15, 0.2) is 0 Å². The molecule has 0 spiro atoms. The van der Waals surface area contributed by atoms with Crippen molar-refractivity contribution in [1.29, 1.82) is 0 Å². The van der Waals surface area contributed by atoms with Crippen LogP contribution in [0, 0.1) is 12.8 Å². The van der Waals surface area contributed by atoms with E-state index in [-0.39, 0.29) is 24.4 Å². The lowest BCUT2D eigenvalue weighted by molar-refractivity contribution is -0.142. The van der Waals surface area contributed by atoms with E-state index >= 15 is 0 Å². The van der Waals surface area contributed by atoms with Gasteiger partial charge in [-0.15, -0.1) is 11.3 Å². The molecule has 3 rings (SSSR count). The Morgan fingerprint density at radius 2 is 1.97 bits per heavy atom. The zero-order valence-corrected chi connectivity index (χ0v) is 18.8. The van der Waals surface area contributed by atoms with Crippen molar-refractivity contribution in [2.45, 2.75) is 53.0 Å². The average Bonchev–Trinajstić information content (AvgIpc) is 3.16. The molecule has 2 heterocycles. The number of hydrogen-bond acceptors (Lipinski definition) is 3. The largest absolute Gasteiger partial charge is 0.333 e. The standard InChI is InChI=1S/C24H32N2O2S/c1-5-8-22(27)25(15-17(2)3)16-23(28)26-13-11-21-20(12-14-29-21)24(26)19-10-7-6-9-18(19)4/h6-7,9-10,12,14,17,24H,5,8,11,13,15-16H2,1-4H3/t24-/m1/s1. The lowest BCUT2D eigenvalue weighted by Crippen LogP contribution is -2.47. The molecule has 1 aromatic heterocycles. The molecular formula is C24H32N2O2S. The van der Waals surface area contributed by atoms with Crippen molar-refractivity contribution in [2.24, 2.45) is 5.92 Å². The Balaban J connectivity index is 1.90. The number of carbonyl (C=O) groups excluding carboxylic acids is 2. The van der Waals surface area contributed by atoms with E-state index in [0.717, 1.165) is 12.8 Å². The number of amides is 2. The summed E-state index contributed by atoms with van der Waals surface area (Å²) in [6, 6.07) is 10.4. The first-order chi connectivity index (χ1) is 13.9. The van der Waals surface area contributed by atoms with Gasteiger partial charge in [-0.3, -0.25) is 9.59 Å². The summed E-state index contributed by atoms with van der Waals surface area (Å²) in [5.74, 6) is 0.455. The van der Waals surface area contributed by atoms with Gasteiger partial charge in [-0.05, 0) is 53.8 Å². The first-order valence-corrected chi connectivity index (χ1v) is 11.5. The molecule has 0 fully saturated rings. The average molecular weight is 413 g/mol. The number of nitrogens with zero attached hydrogens (tertiary/aromatic N) is 2. The van der Waals surface area contributed by atoms with Gasteiger partial charge in [0, 0.05) is 24.4 Å². The van der Waals surface area contributed by atoms with Gasteiger partial charge in [-0.1, -0.05) is 45.0 Å². The van der Waals surface area contributed by atoms with Crippen molar-refractivity contribution >= 4 is 23.2 Å². The highest BCUT2D eigenvalue weighted by Gasteiger charge is 2.34. The van der Waals surface area contributed by atoms with E-state index < -0.39 is 0 Å². The van der Waals surface area contributed by atoms with Gasteiger partial charge in [-0.25, -0.2) is 0 Å². The van der Waals surface area contributed by atoms with E-state index in [2.05, 4.69) is 44.4 Å². The maximum absolute atomic E-state index is 13.5. The molecule has 1 aliphatic rings. The Labute approximate surface area is 178 Å². The van der Waals surface area contributed by atoms with Crippen LogP contribution in [0.25, 0.3) is 0 Å². The molecule has 1 aromatic carbocycles. The second kappa shape index (κ2) is 9.57. The van der Waals surface area contributed by atoms with Crippen LogP contribution >= 0.6 is 11.3 Å². The van der Waals surface area contributed by atoms with Gasteiger partial charge >= 0.3 is 0 Å². The zero-order valence-electron chi connectivity index (χ0n) is 18.0.